The molecule has 0 unspecified atom stereocenters. The fraction of sp³-hybridized carbons (Fsp3) is 0.304. The zero-order valence-electron chi connectivity index (χ0n) is 17.7. The lowest BCUT2D eigenvalue weighted by Crippen LogP contribution is -2.49. The van der Waals surface area contributed by atoms with Gasteiger partial charge in [-0.05, 0) is 55.0 Å². The number of hydrazine groups is 1. The molecular formula is C23H25ClN4O3S. The van der Waals surface area contributed by atoms with E-state index >= 15 is 0 Å². The van der Waals surface area contributed by atoms with Crippen LogP contribution in [0.3, 0.4) is 0 Å². The Labute approximate surface area is 197 Å². The summed E-state index contributed by atoms with van der Waals surface area (Å²) in [6, 6.07) is 14.6. The number of thiocarbonyl (C=S) groups is 1. The molecule has 2 aromatic rings. The summed E-state index contributed by atoms with van der Waals surface area (Å²) >= 11 is 11.5. The van der Waals surface area contributed by atoms with Gasteiger partial charge in [-0.15, -0.1) is 0 Å². The van der Waals surface area contributed by atoms with Crippen molar-refractivity contribution in [3.63, 3.8) is 0 Å². The molecule has 2 aromatic carbocycles. The average molecular weight is 473 g/mol. The molecule has 3 rings (SSSR count). The fourth-order valence-corrected chi connectivity index (χ4v) is 3.86. The van der Waals surface area contributed by atoms with Crippen molar-refractivity contribution in [3.05, 3.63) is 59.6 Å². The van der Waals surface area contributed by atoms with Crippen molar-refractivity contribution < 1.29 is 14.4 Å². The number of carbonyl (C=O) groups is 3. The standard InChI is InChI=1S/C23H25ClN4O3S/c1-2-3-5-10-20(29)26-28-19(15-21(30)25-17-8-6-4-7-9-17)22(31)27(23(28)32)18-13-11-16(24)12-14-18/h4,6-9,11-14,19H,2-3,5,10,15H2,1H3,(H,25,30)(H,26,29)/t19-/m1/s1. The van der Waals surface area contributed by atoms with Gasteiger partial charge in [-0.3, -0.25) is 24.7 Å². The topological polar surface area (TPSA) is 81.8 Å². The molecule has 0 spiro atoms. The third-order valence-corrected chi connectivity index (χ3v) is 5.62. The molecule has 1 aliphatic rings. The molecule has 0 aliphatic carbocycles. The quantitative estimate of drug-likeness (QED) is 0.420. The third-order valence-electron chi connectivity index (χ3n) is 4.99. The Morgan fingerprint density at radius 1 is 1.03 bits per heavy atom. The molecule has 9 heteroatoms. The average Bonchev–Trinajstić information content (AvgIpc) is 2.99. The van der Waals surface area contributed by atoms with Crippen molar-refractivity contribution in [1.82, 2.24) is 10.4 Å². The summed E-state index contributed by atoms with van der Waals surface area (Å²) in [5.41, 5.74) is 3.87. The number of amides is 3. The predicted molar refractivity (Wildman–Crippen MR) is 129 cm³/mol. The minimum atomic E-state index is -0.961. The molecule has 1 saturated heterocycles. The number of anilines is 2. The van der Waals surface area contributed by atoms with Gasteiger partial charge in [0, 0.05) is 17.1 Å². The van der Waals surface area contributed by atoms with Crippen LogP contribution >= 0.6 is 23.8 Å². The van der Waals surface area contributed by atoms with E-state index in [4.69, 9.17) is 23.8 Å². The van der Waals surface area contributed by atoms with Crippen molar-refractivity contribution >= 4 is 58.0 Å². The van der Waals surface area contributed by atoms with E-state index in [0.717, 1.165) is 19.3 Å². The summed E-state index contributed by atoms with van der Waals surface area (Å²) in [7, 11) is 0. The van der Waals surface area contributed by atoms with Gasteiger partial charge < -0.3 is 5.32 Å². The molecule has 1 atom stereocenters. The van der Waals surface area contributed by atoms with E-state index in [-0.39, 0.29) is 23.3 Å². The van der Waals surface area contributed by atoms with E-state index in [0.29, 0.717) is 22.8 Å². The van der Waals surface area contributed by atoms with Gasteiger partial charge in [0.1, 0.15) is 6.04 Å². The van der Waals surface area contributed by atoms with Crippen LogP contribution in [-0.4, -0.2) is 33.9 Å². The van der Waals surface area contributed by atoms with E-state index in [1.165, 1.54) is 9.91 Å². The first-order chi connectivity index (χ1) is 15.4. The lowest BCUT2D eigenvalue weighted by molar-refractivity contribution is -0.129. The first-order valence-corrected chi connectivity index (χ1v) is 11.3. The second kappa shape index (κ2) is 11.1. The molecule has 1 heterocycles. The minimum absolute atomic E-state index is 0.110. The van der Waals surface area contributed by atoms with Crippen LogP contribution in [0, 0.1) is 0 Å². The maximum absolute atomic E-state index is 13.3. The Morgan fingerprint density at radius 2 is 1.72 bits per heavy atom. The molecule has 32 heavy (non-hydrogen) atoms. The van der Waals surface area contributed by atoms with Crippen molar-refractivity contribution in [3.8, 4) is 0 Å². The Balaban J connectivity index is 1.79. The smallest absolute Gasteiger partial charge is 0.258 e. The molecule has 0 radical (unpaired) electrons. The van der Waals surface area contributed by atoms with Gasteiger partial charge in [-0.2, -0.15) is 0 Å². The summed E-state index contributed by atoms with van der Waals surface area (Å²) < 4.78 is 0. The van der Waals surface area contributed by atoms with Crippen LogP contribution in [0.2, 0.25) is 5.02 Å². The molecule has 1 fully saturated rings. The first kappa shape index (κ1) is 23.7. The largest absolute Gasteiger partial charge is 0.326 e. The van der Waals surface area contributed by atoms with Crippen molar-refractivity contribution in [2.45, 2.75) is 45.1 Å². The van der Waals surface area contributed by atoms with Crippen molar-refractivity contribution in [2.24, 2.45) is 0 Å². The summed E-state index contributed by atoms with van der Waals surface area (Å²) in [4.78, 5) is 39.7. The van der Waals surface area contributed by atoms with Gasteiger partial charge in [-0.25, -0.2) is 5.01 Å². The third kappa shape index (κ3) is 5.83. The number of halogens is 1. The summed E-state index contributed by atoms with van der Waals surface area (Å²) in [5, 5.41) is 4.73. The maximum atomic E-state index is 13.3. The molecule has 0 saturated carbocycles. The lowest BCUT2D eigenvalue weighted by atomic mass is 10.1. The number of hydrogen-bond acceptors (Lipinski definition) is 4. The zero-order valence-corrected chi connectivity index (χ0v) is 19.3. The van der Waals surface area contributed by atoms with E-state index in [1.54, 1.807) is 48.5 Å². The number of nitrogens with one attached hydrogen (secondary N) is 2. The lowest BCUT2D eigenvalue weighted by Gasteiger charge is -2.24. The maximum Gasteiger partial charge on any atom is 0.258 e. The first-order valence-electron chi connectivity index (χ1n) is 10.5. The highest BCUT2D eigenvalue weighted by molar-refractivity contribution is 7.80. The van der Waals surface area contributed by atoms with Gasteiger partial charge in [-0.1, -0.05) is 49.6 Å². The SMILES string of the molecule is CCCCCC(=O)NN1C(=S)N(c2ccc(Cl)cc2)C(=O)[C@H]1CC(=O)Nc1ccccc1. The van der Waals surface area contributed by atoms with Crippen LogP contribution in [0.25, 0.3) is 0 Å². The number of para-hydroxylation sites is 1. The molecule has 0 bridgehead atoms. The normalized spacial score (nSPS) is 15.8. The highest BCUT2D eigenvalue weighted by Crippen LogP contribution is 2.27. The van der Waals surface area contributed by atoms with Gasteiger partial charge >= 0.3 is 0 Å². The molecule has 168 valence electrons. The minimum Gasteiger partial charge on any atom is -0.326 e. The molecule has 7 nitrogen and oxygen atoms in total. The van der Waals surface area contributed by atoms with Gasteiger partial charge in [0.25, 0.3) is 5.91 Å². The van der Waals surface area contributed by atoms with E-state index in [2.05, 4.69) is 17.7 Å². The fourth-order valence-electron chi connectivity index (χ4n) is 3.36. The summed E-state index contributed by atoms with van der Waals surface area (Å²) in [6.45, 7) is 2.05. The van der Waals surface area contributed by atoms with Crippen LogP contribution in [0.15, 0.2) is 54.6 Å². The molecular weight excluding hydrogens is 448 g/mol. The Kier molecular flexibility index (Phi) is 8.19. The predicted octanol–water partition coefficient (Wildman–Crippen LogP) is 4.28. The van der Waals surface area contributed by atoms with E-state index in [9.17, 15) is 14.4 Å². The molecule has 1 aliphatic heterocycles. The number of hydrogen-bond donors (Lipinski definition) is 2. The monoisotopic (exact) mass is 472 g/mol. The van der Waals surface area contributed by atoms with Crippen LogP contribution in [0.4, 0.5) is 11.4 Å². The van der Waals surface area contributed by atoms with Crippen LogP contribution < -0.4 is 15.6 Å². The number of unbranched alkanes of at least 4 members (excludes halogenated alkanes) is 2. The van der Waals surface area contributed by atoms with Crippen molar-refractivity contribution in [1.29, 1.82) is 0 Å². The highest BCUT2D eigenvalue weighted by Gasteiger charge is 2.45. The van der Waals surface area contributed by atoms with Crippen LogP contribution in [-0.2, 0) is 14.4 Å². The Bertz CT molecular complexity index is 984. The van der Waals surface area contributed by atoms with Crippen LogP contribution in [0.5, 0.6) is 0 Å². The summed E-state index contributed by atoms with van der Waals surface area (Å²) in [5.74, 6) is -1.00. The van der Waals surface area contributed by atoms with Crippen LogP contribution in [0.1, 0.15) is 39.0 Å². The molecule has 2 N–H and O–H groups in total. The number of nitrogens with zero attached hydrogens (tertiary/aromatic N) is 2. The van der Waals surface area contributed by atoms with E-state index in [1.807, 2.05) is 6.07 Å². The Hall–Kier alpha value is -2.97. The second-order valence-electron chi connectivity index (χ2n) is 7.43. The highest BCUT2D eigenvalue weighted by atomic mass is 35.5. The number of benzene rings is 2. The number of rotatable bonds is 9. The van der Waals surface area contributed by atoms with Crippen molar-refractivity contribution in [2.75, 3.05) is 10.2 Å². The second-order valence-corrected chi connectivity index (χ2v) is 8.23. The summed E-state index contributed by atoms with van der Waals surface area (Å²) in [6.07, 6.45) is 2.78. The van der Waals surface area contributed by atoms with Gasteiger partial charge in [0.2, 0.25) is 16.9 Å². The van der Waals surface area contributed by atoms with E-state index < -0.39 is 11.9 Å². The Morgan fingerprint density at radius 3 is 2.38 bits per heavy atom. The zero-order chi connectivity index (χ0) is 23.1. The molecule has 3 amide bonds. The van der Waals surface area contributed by atoms with Gasteiger partial charge in [0.15, 0.2) is 0 Å². The number of carbonyl (C=O) groups excluding carboxylic acids is 3. The molecule has 0 aromatic heterocycles. The van der Waals surface area contributed by atoms with Gasteiger partial charge in [0.05, 0.1) is 12.1 Å².